The monoisotopic (exact) mass is 210 g/mol. The highest BCUT2D eigenvalue weighted by molar-refractivity contribution is 6.35. The minimum atomic E-state index is -1.00. The standard InChI is InChI=1S/C9H7ClN2O2/c1-12-4-6-7(10)2-5(9(13)14)3-8(6)11-12/h2-4H,1H3,(H,13,14). The van der Waals surface area contributed by atoms with Gasteiger partial charge in [-0.15, -0.1) is 0 Å². The summed E-state index contributed by atoms with van der Waals surface area (Å²) >= 11 is 5.90. The second kappa shape index (κ2) is 2.99. The van der Waals surface area contributed by atoms with Gasteiger partial charge in [-0.2, -0.15) is 5.10 Å². The van der Waals surface area contributed by atoms with Crippen molar-refractivity contribution in [1.29, 1.82) is 0 Å². The van der Waals surface area contributed by atoms with E-state index in [2.05, 4.69) is 5.10 Å². The molecule has 0 atom stereocenters. The first-order valence-electron chi connectivity index (χ1n) is 3.94. The second-order valence-electron chi connectivity index (χ2n) is 3.00. The quantitative estimate of drug-likeness (QED) is 0.783. The molecule has 0 amide bonds. The number of carbonyl (C=O) groups is 1. The first-order chi connectivity index (χ1) is 6.58. The number of hydrogen-bond acceptors (Lipinski definition) is 2. The number of aryl methyl sites for hydroxylation is 1. The van der Waals surface area contributed by atoms with Gasteiger partial charge in [-0.3, -0.25) is 4.68 Å². The Morgan fingerprint density at radius 1 is 1.57 bits per heavy atom. The number of benzene rings is 1. The predicted molar refractivity (Wildman–Crippen MR) is 52.7 cm³/mol. The molecular formula is C9H7ClN2O2. The van der Waals surface area contributed by atoms with Crippen LogP contribution in [-0.2, 0) is 7.05 Å². The minimum Gasteiger partial charge on any atom is -0.478 e. The molecule has 0 aliphatic carbocycles. The number of carboxylic acids is 1. The van der Waals surface area contributed by atoms with Crippen LogP contribution < -0.4 is 0 Å². The van der Waals surface area contributed by atoms with E-state index >= 15 is 0 Å². The van der Waals surface area contributed by atoms with E-state index in [4.69, 9.17) is 16.7 Å². The van der Waals surface area contributed by atoms with Crippen molar-refractivity contribution in [2.45, 2.75) is 0 Å². The zero-order valence-electron chi connectivity index (χ0n) is 7.36. The van der Waals surface area contributed by atoms with Gasteiger partial charge >= 0.3 is 5.97 Å². The number of rotatable bonds is 1. The largest absolute Gasteiger partial charge is 0.478 e. The third-order valence-corrected chi connectivity index (χ3v) is 2.25. The molecule has 4 nitrogen and oxygen atoms in total. The first kappa shape index (κ1) is 9.02. The van der Waals surface area contributed by atoms with E-state index in [1.165, 1.54) is 12.1 Å². The van der Waals surface area contributed by atoms with Crippen LogP contribution >= 0.6 is 11.6 Å². The van der Waals surface area contributed by atoms with Crippen molar-refractivity contribution < 1.29 is 9.90 Å². The van der Waals surface area contributed by atoms with Crippen LogP contribution in [0.5, 0.6) is 0 Å². The number of nitrogens with zero attached hydrogens (tertiary/aromatic N) is 2. The smallest absolute Gasteiger partial charge is 0.335 e. The summed E-state index contributed by atoms with van der Waals surface area (Å²) < 4.78 is 1.60. The van der Waals surface area contributed by atoms with Gasteiger partial charge in [-0.05, 0) is 12.1 Å². The zero-order chi connectivity index (χ0) is 10.3. The molecule has 0 fully saturated rings. The number of hydrogen-bond donors (Lipinski definition) is 1. The summed E-state index contributed by atoms with van der Waals surface area (Å²) in [6, 6.07) is 2.93. The van der Waals surface area contributed by atoms with Crippen LogP contribution in [0.1, 0.15) is 10.4 Å². The van der Waals surface area contributed by atoms with Gasteiger partial charge in [0.2, 0.25) is 0 Å². The van der Waals surface area contributed by atoms with E-state index in [0.29, 0.717) is 10.5 Å². The third kappa shape index (κ3) is 1.33. The highest BCUT2D eigenvalue weighted by Gasteiger charge is 2.09. The van der Waals surface area contributed by atoms with Gasteiger partial charge < -0.3 is 5.11 Å². The third-order valence-electron chi connectivity index (χ3n) is 1.94. The molecule has 1 aromatic carbocycles. The second-order valence-corrected chi connectivity index (χ2v) is 3.41. The average Bonchev–Trinajstić information content (AvgIpc) is 2.45. The minimum absolute atomic E-state index is 0.154. The molecule has 14 heavy (non-hydrogen) atoms. The fraction of sp³-hybridized carbons (Fsp3) is 0.111. The summed E-state index contributed by atoms with van der Waals surface area (Å²) in [5.41, 5.74) is 0.749. The first-order valence-corrected chi connectivity index (χ1v) is 4.32. The average molecular weight is 211 g/mol. The summed E-state index contributed by atoms with van der Waals surface area (Å²) in [6.07, 6.45) is 1.75. The molecular weight excluding hydrogens is 204 g/mol. The lowest BCUT2D eigenvalue weighted by atomic mass is 10.2. The van der Waals surface area contributed by atoms with Gasteiger partial charge in [0.15, 0.2) is 0 Å². The molecule has 0 saturated carbocycles. The topological polar surface area (TPSA) is 55.1 Å². The molecule has 0 bridgehead atoms. The lowest BCUT2D eigenvalue weighted by Crippen LogP contribution is -1.95. The maximum absolute atomic E-state index is 10.7. The van der Waals surface area contributed by atoms with Crippen molar-refractivity contribution in [2.24, 2.45) is 7.05 Å². The van der Waals surface area contributed by atoms with E-state index in [1.807, 2.05) is 0 Å². The molecule has 0 aliphatic rings. The van der Waals surface area contributed by atoms with Gasteiger partial charge in [-0.1, -0.05) is 11.6 Å². The van der Waals surface area contributed by atoms with E-state index in [9.17, 15) is 4.79 Å². The fourth-order valence-electron chi connectivity index (χ4n) is 1.32. The molecule has 0 aliphatic heterocycles. The summed E-state index contributed by atoms with van der Waals surface area (Å²) in [4.78, 5) is 10.7. The highest BCUT2D eigenvalue weighted by Crippen LogP contribution is 2.24. The normalized spacial score (nSPS) is 10.7. The lowest BCUT2D eigenvalue weighted by Gasteiger charge is -1.95. The van der Waals surface area contributed by atoms with Crippen LogP contribution in [-0.4, -0.2) is 20.9 Å². The number of aromatic carboxylic acids is 1. The van der Waals surface area contributed by atoms with Gasteiger partial charge in [0, 0.05) is 18.6 Å². The number of fused-ring (bicyclic) bond motifs is 1. The van der Waals surface area contributed by atoms with Crippen LogP contribution in [0.3, 0.4) is 0 Å². The summed E-state index contributed by atoms with van der Waals surface area (Å²) in [5.74, 6) is -1.00. The Morgan fingerprint density at radius 2 is 2.29 bits per heavy atom. The fourth-order valence-corrected chi connectivity index (χ4v) is 1.59. The number of carboxylic acid groups (broad SMARTS) is 1. The maximum atomic E-state index is 10.7. The molecule has 0 radical (unpaired) electrons. The Labute approximate surface area is 84.7 Å². The van der Waals surface area contributed by atoms with Crippen LogP contribution in [0.15, 0.2) is 18.3 Å². The van der Waals surface area contributed by atoms with Crippen LogP contribution in [0.4, 0.5) is 0 Å². The van der Waals surface area contributed by atoms with Crippen molar-refractivity contribution in [3.05, 3.63) is 28.9 Å². The number of aromatic nitrogens is 2. The maximum Gasteiger partial charge on any atom is 0.335 e. The Bertz CT molecular complexity index is 519. The van der Waals surface area contributed by atoms with Gasteiger partial charge in [0.25, 0.3) is 0 Å². The van der Waals surface area contributed by atoms with Gasteiger partial charge in [0.05, 0.1) is 16.1 Å². The molecule has 0 spiro atoms. The van der Waals surface area contributed by atoms with E-state index in [0.717, 1.165) is 5.39 Å². The molecule has 1 aromatic heterocycles. The molecule has 0 saturated heterocycles. The molecule has 72 valence electrons. The van der Waals surface area contributed by atoms with Crippen LogP contribution in [0.2, 0.25) is 5.02 Å². The molecule has 5 heteroatoms. The van der Waals surface area contributed by atoms with Crippen molar-refractivity contribution in [1.82, 2.24) is 9.78 Å². The Balaban J connectivity index is 2.77. The SMILES string of the molecule is Cn1cc2c(Cl)cc(C(=O)O)cc2n1. The number of halogens is 1. The molecule has 0 unspecified atom stereocenters. The van der Waals surface area contributed by atoms with Crippen molar-refractivity contribution in [3.8, 4) is 0 Å². The van der Waals surface area contributed by atoms with E-state index < -0.39 is 5.97 Å². The summed E-state index contributed by atoms with van der Waals surface area (Å²) in [6.45, 7) is 0. The highest BCUT2D eigenvalue weighted by atomic mass is 35.5. The molecule has 1 heterocycles. The Hall–Kier alpha value is -1.55. The van der Waals surface area contributed by atoms with Crippen molar-refractivity contribution in [3.63, 3.8) is 0 Å². The predicted octanol–water partition coefficient (Wildman–Crippen LogP) is 1.92. The van der Waals surface area contributed by atoms with Crippen LogP contribution in [0, 0.1) is 0 Å². The summed E-state index contributed by atoms with van der Waals surface area (Å²) in [7, 11) is 1.76. The lowest BCUT2D eigenvalue weighted by molar-refractivity contribution is 0.0697. The van der Waals surface area contributed by atoms with Crippen molar-refractivity contribution in [2.75, 3.05) is 0 Å². The zero-order valence-corrected chi connectivity index (χ0v) is 8.12. The Morgan fingerprint density at radius 3 is 2.93 bits per heavy atom. The molecule has 2 aromatic rings. The van der Waals surface area contributed by atoms with Gasteiger partial charge in [0.1, 0.15) is 0 Å². The van der Waals surface area contributed by atoms with E-state index in [1.54, 1.807) is 17.9 Å². The Kier molecular flexibility index (Phi) is 1.93. The summed E-state index contributed by atoms with van der Waals surface area (Å²) in [5, 5.41) is 14.0. The van der Waals surface area contributed by atoms with Gasteiger partial charge in [-0.25, -0.2) is 4.79 Å². The van der Waals surface area contributed by atoms with Crippen LogP contribution in [0.25, 0.3) is 10.9 Å². The molecule has 2 rings (SSSR count). The van der Waals surface area contributed by atoms with E-state index in [-0.39, 0.29) is 5.56 Å². The van der Waals surface area contributed by atoms with Crippen molar-refractivity contribution >= 4 is 28.5 Å². The molecule has 1 N–H and O–H groups in total.